The lowest BCUT2D eigenvalue weighted by atomic mass is 9.75. The van der Waals surface area contributed by atoms with Gasteiger partial charge in [-0.15, -0.1) is 0 Å². The molecule has 0 bridgehead atoms. The molecule has 0 spiro atoms. The molecule has 0 radical (unpaired) electrons. The summed E-state index contributed by atoms with van der Waals surface area (Å²) in [5.74, 6) is 1.82. The lowest BCUT2D eigenvalue weighted by Gasteiger charge is -2.42. The fraction of sp³-hybridized carbons (Fsp3) is 0.429. The third-order valence-corrected chi connectivity index (χ3v) is 5.68. The first kappa shape index (κ1) is 17.8. The summed E-state index contributed by atoms with van der Waals surface area (Å²) in [4.78, 5) is 10.9. The van der Waals surface area contributed by atoms with Crippen molar-refractivity contribution in [2.24, 2.45) is 0 Å². The van der Waals surface area contributed by atoms with E-state index < -0.39 is 6.10 Å². The average Bonchev–Trinajstić information content (AvgIpc) is 2.72. The van der Waals surface area contributed by atoms with Gasteiger partial charge in [0.15, 0.2) is 0 Å². The predicted octanol–water partition coefficient (Wildman–Crippen LogP) is 4.76. The number of nitrogens with zero attached hydrogens (tertiary/aromatic N) is 1. The maximum absolute atomic E-state index is 11.3. The molecule has 142 valence electrons. The summed E-state index contributed by atoms with van der Waals surface area (Å²) in [7, 11) is 3.32. The van der Waals surface area contributed by atoms with Crippen LogP contribution in [0.4, 0.5) is 5.69 Å². The summed E-state index contributed by atoms with van der Waals surface area (Å²) in [6, 6.07) is 10.5. The zero-order valence-corrected chi connectivity index (χ0v) is 15.5. The second kappa shape index (κ2) is 7.19. The zero-order chi connectivity index (χ0) is 19.0. The van der Waals surface area contributed by atoms with E-state index in [1.165, 1.54) is 6.07 Å². The Hall–Kier alpha value is -2.60. The zero-order valence-electron chi connectivity index (χ0n) is 15.5. The van der Waals surface area contributed by atoms with Crippen molar-refractivity contribution in [3.05, 3.63) is 63.2 Å². The molecule has 1 saturated carbocycles. The van der Waals surface area contributed by atoms with Crippen LogP contribution in [0.25, 0.3) is 0 Å². The van der Waals surface area contributed by atoms with E-state index in [4.69, 9.17) is 14.2 Å². The van der Waals surface area contributed by atoms with Crippen LogP contribution in [0.5, 0.6) is 11.5 Å². The molecule has 0 saturated heterocycles. The topological polar surface area (TPSA) is 70.8 Å². The fourth-order valence-corrected chi connectivity index (χ4v) is 4.48. The number of methoxy groups -OCH3 is 2. The minimum Gasteiger partial charge on any atom is -0.496 e. The third-order valence-electron chi connectivity index (χ3n) is 5.68. The van der Waals surface area contributed by atoms with Crippen LogP contribution in [0, 0.1) is 10.1 Å². The summed E-state index contributed by atoms with van der Waals surface area (Å²) >= 11 is 0. The van der Waals surface area contributed by atoms with E-state index >= 15 is 0 Å². The van der Waals surface area contributed by atoms with Crippen LogP contribution in [0.15, 0.2) is 36.4 Å². The Morgan fingerprint density at radius 3 is 2.44 bits per heavy atom. The Balaban J connectivity index is 1.91. The number of rotatable bonds is 4. The van der Waals surface area contributed by atoms with Gasteiger partial charge in [-0.1, -0.05) is 25.0 Å². The number of nitro benzene ring substituents is 1. The molecule has 0 aromatic heterocycles. The monoisotopic (exact) mass is 369 g/mol. The standard InChI is InChI=1S/C21H23NO5/c1-25-17-10-11-18(26-2)20-19(17)15-8-3-4-9-16(15)27-21(20)13-6-5-7-14(12-13)22(23)24/h5-7,10-12,15-16,21H,3-4,8-9H2,1-2H3/t15-,16-,21-/m0/s1. The molecule has 2 aromatic carbocycles. The highest BCUT2D eigenvalue weighted by Gasteiger charge is 2.41. The number of ether oxygens (including phenoxy) is 3. The first-order valence-corrected chi connectivity index (χ1v) is 9.28. The van der Waals surface area contributed by atoms with Gasteiger partial charge in [0.2, 0.25) is 0 Å². The van der Waals surface area contributed by atoms with Crippen molar-refractivity contribution in [3.63, 3.8) is 0 Å². The van der Waals surface area contributed by atoms with Gasteiger partial charge < -0.3 is 14.2 Å². The Morgan fingerprint density at radius 1 is 1.04 bits per heavy atom. The number of benzene rings is 2. The van der Waals surface area contributed by atoms with Crippen molar-refractivity contribution in [2.75, 3.05) is 14.2 Å². The lowest BCUT2D eigenvalue weighted by Crippen LogP contribution is -2.34. The van der Waals surface area contributed by atoms with Crippen LogP contribution >= 0.6 is 0 Å². The predicted molar refractivity (Wildman–Crippen MR) is 101 cm³/mol. The minimum absolute atomic E-state index is 0.0604. The normalized spacial score (nSPS) is 23.9. The first-order valence-electron chi connectivity index (χ1n) is 9.28. The maximum atomic E-state index is 11.3. The van der Waals surface area contributed by atoms with E-state index in [1.54, 1.807) is 26.4 Å². The molecule has 1 fully saturated rings. The number of nitro groups is 1. The van der Waals surface area contributed by atoms with Gasteiger partial charge in [0.25, 0.3) is 5.69 Å². The molecule has 27 heavy (non-hydrogen) atoms. The molecule has 1 aliphatic carbocycles. The molecule has 4 rings (SSSR count). The SMILES string of the molecule is COc1ccc(OC)c2c1[C@H](c1cccc([N+](=O)[O-])c1)O[C@H]1CCCC[C@H]21. The van der Waals surface area contributed by atoms with E-state index in [0.717, 1.165) is 53.9 Å². The fourth-order valence-electron chi connectivity index (χ4n) is 4.48. The molecule has 0 unspecified atom stereocenters. The van der Waals surface area contributed by atoms with E-state index in [1.807, 2.05) is 18.2 Å². The van der Waals surface area contributed by atoms with Gasteiger partial charge in [-0.05, 0) is 30.5 Å². The molecule has 0 amide bonds. The highest BCUT2D eigenvalue weighted by molar-refractivity contribution is 5.56. The summed E-state index contributed by atoms with van der Waals surface area (Å²) < 4.78 is 17.9. The molecule has 1 heterocycles. The maximum Gasteiger partial charge on any atom is 0.269 e. The van der Waals surface area contributed by atoms with Gasteiger partial charge in [0, 0.05) is 29.2 Å². The van der Waals surface area contributed by atoms with Gasteiger partial charge in [-0.25, -0.2) is 0 Å². The van der Waals surface area contributed by atoms with Crippen molar-refractivity contribution < 1.29 is 19.1 Å². The second-order valence-electron chi connectivity index (χ2n) is 7.10. The summed E-state index contributed by atoms with van der Waals surface area (Å²) in [6.07, 6.45) is 3.98. The third kappa shape index (κ3) is 3.04. The summed E-state index contributed by atoms with van der Waals surface area (Å²) in [5.41, 5.74) is 2.89. The minimum atomic E-state index is -0.413. The van der Waals surface area contributed by atoms with Crippen LogP contribution in [-0.4, -0.2) is 25.2 Å². The highest BCUT2D eigenvalue weighted by Crippen LogP contribution is 2.52. The number of non-ortho nitro benzene ring substituents is 1. The average molecular weight is 369 g/mol. The molecule has 1 aliphatic heterocycles. The summed E-state index contributed by atoms with van der Waals surface area (Å²) in [5, 5.41) is 11.3. The van der Waals surface area contributed by atoms with Crippen molar-refractivity contribution in [1.82, 2.24) is 0 Å². The molecule has 2 aromatic rings. The Bertz CT molecular complexity index is 866. The number of hydrogen-bond acceptors (Lipinski definition) is 5. The molecule has 6 heteroatoms. The molecule has 3 atom stereocenters. The highest BCUT2D eigenvalue weighted by atomic mass is 16.6. The van der Waals surface area contributed by atoms with Gasteiger partial charge >= 0.3 is 0 Å². The van der Waals surface area contributed by atoms with Crippen LogP contribution in [0.2, 0.25) is 0 Å². The van der Waals surface area contributed by atoms with Crippen LogP contribution in [0.1, 0.15) is 54.4 Å². The first-order chi connectivity index (χ1) is 13.1. The Labute approximate surface area is 158 Å². The quantitative estimate of drug-likeness (QED) is 0.574. The molecule has 6 nitrogen and oxygen atoms in total. The van der Waals surface area contributed by atoms with Gasteiger partial charge in [0.1, 0.15) is 17.6 Å². The smallest absolute Gasteiger partial charge is 0.269 e. The van der Waals surface area contributed by atoms with Gasteiger partial charge in [-0.2, -0.15) is 0 Å². The van der Waals surface area contributed by atoms with Crippen LogP contribution in [0.3, 0.4) is 0 Å². The molecular weight excluding hydrogens is 346 g/mol. The Kier molecular flexibility index (Phi) is 4.74. The number of fused-ring (bicyclic) bond motifs is 3. The molecule has 2 aliphatic rings. The molecule has 0 N–H and O–H groups in total. The van der Waals surface area contributed by atoms with E-state index in [9.17, 15) is 10.1 Å². The largest absolute Gasteiger partial charge is 0.496 e. The van der Waals surface area contributed by atoms with Crippen molar-refractivity contribution >= 4 is 5.69 Å². The van der Waals surface area contributed by atoms with Crippen molar-refractivity contribution in [1.29, 1.82) is 0 Å². The van der Waals surface area contributed by atoms with Crippen LogP contribution < -0.4 is 9.47 Å². The van der Waals surface area contributed by atoms with E-state index in [0.29, 0.717) is 0 Å². The summed E-state index contributed by atoms with van der Waals surface area (Å²) in [6.45, 7) is 0. The lowest BCUT2D eigenvalue weighted by molar-refractivity contribution is -0.385. The van der Waals surface area contributed by atoms with E-state index in [2.05, 4.69) is 0 Å². The molecular formula is C21H23NO5. The van der Waals surface area contributed by atoms with Crippen molar-refractivity contribution in [3.8, 4) is 11.5 Å². The van der Waals surface area contributed by atoms with E-state index in [-0.39, 0.29) is 22.6 Å². The van der Waals surface area contributed by atoms with Crippen LogP contribution in [-0.2, 0) is 4.74 Å². The van der Waals surface area contributed by atoms with Gasteiger partial charge in [0.05, 0.1) is 25.2 Å². The van der Waals surface area contributed by atoms with Gasteiger partial charge in [-0.3, -0.25) is 10.1 Å². The van der Waals surface area contributed by atoms with Crippen molar-refractivity contribution in [2.45, 2.75) is 43.8 Å². The Morgan fingerprint density at radius 2 is 1.74 bits per heavy atom. The number of hydrogen-bond donors (Lipinski definition) is 0. The second-order valence-corrected chi connectivity index (χ2v) is 7.10.